The Kier molecular flexibility index (Phi) is 8.28. The first-order valence-electron chi connectivity index (χ1n) is 12.3. The Hall–Kier alpha value is -3.36. The third-order valence-electron chi connectivity index (χ3n) is 6.20. The number of ether oxygens (including phenoxy) is 1. The van der Waals surface area contributed by atoms with Gasteiger partial charge in [0.05, 0.1) is 11.5 Å². The van der Waals surface area contributed by atoms with Gasteiger partial charge in [-0.2, -0.15) is 0 Å². The Morgan fingerprint density at radius 1 is 0.972 bits per heavy atom. The summed E-state index contributed by atoms with van der Waals surface area (Å²) in [6, 6.07) is 20.5. The van der Waals surface area contributed by atoms with Crippen molar-refractivity contribution < 1.29 is 17.9 Å². The number of piperidine rings is 1. The van der Waals surface area contributed by atoms with Crippen LogP contribution in [0.5, 0.6) is 5.75 Å². The summed E-state index contributed by atoms with van der Waals surface area (Å²) in [5.74, 6) is 1.16. The van der Waals surface area contributed by atoms with Crippen LogP contribution in [-0.2, 0) is 16.6 Å². The highest BCUT2D eigenvalue weighted by Gasteiger charge is 2.17. The lowest BCUT2D eigenvalue weighted by molar-refractivity contribution is 0.102. The summed E-state index contributed by atoms with van der Waals surface area (Å²) in [5, 5.41) is 2.83. The van der Waals surface area contributed by atoms with Gasteiger partial charge in [0.25, 0.3) is 15.9 Å². The molecule has 1 aliphatic rings. The number of hydrogen-bond donors (Lipinski definition) is 2. The highest BCUT2D eigenvalue weighted by Crippen LogP contribution is 2.22. The summed E-state index contributed by atoms with van der Waals surface area (Å²) in [4.78, 5) is 15.3. The van der Waals surface area contributed by atoms with Crippen LogP contribution >= 0.6 is 0 Å². The molecule has 3 aromatic carbocycles. The second-order valence-electron chi connectivity index (χ2n) is 9.22. The fourth-order valence-corrected chi connectivity index (χ4v) is 5.43. The molecule has 0 aliphatic carbocycles. The summed E-state index contributed by atoms with van der Waals surface area (Å²) in [5.41, 5.74) is 2.70. The van der Waals surface area contributed by atoms with E-state index in [2.05, 4.69) is 21.9 Å². The molecule has 4 rings (SSSR count). The molecule has 1 fully saturated rings. The Balaban J connectivity index is 1.34. The maximum absolute atomic E-state index is 12.7. The largest absolute Gasteiger partial charge is 0.494 e. The van der Waals surface area contributed by atoms with Gasteiger partial charge in [0.1, 0.15) is 5.75 Å². The maximum atomic E-state index is 12.7. The van der Waals surface area contributed by atoms with Gasteiger partial charge in [0.2, 0.25) is 0 Å². The average Bonchev–Trinajstić information content (AvgIpc) is 2.86. The van der Waals surface area contributed by atoms with Crippen LogP contribution in [0.4, 0.5) is 11.4 Å². The number of rotatable bonds is 9. The molecule has 36 heavy (non-hydrogen) atoms. The lowest BCUT2D eigenvalue weighted by atomic mass is 9.99. The molecule has 7 nitrogen and oxygen atoms in total. The van der Waals surface area contributed by atoms with E-state index in [0.29, 0.717) is 29.3 Å². The van der Waals surface area contributed by atoms with Crippen molar-refractivity contribution in [2.24, 2.45) is 5.92 Å². The van der Waals surface area contributed by atoms with E-state index in [1.807, 2.05) is 31.2 Å². The van der Waals surface area contributed by atoms with Crippen LogP contribution in [0.3, 0.4) is 0 Å². The molecule has 8 heteroatoms. The van der Waals surface area contributed by atoms with E-state index >= 15 is 0 Å². The van der Waals surface area contributed by atoms with Gasteiger partial charge in [-0.3, -0.25) is 14.4 Å². The van der Waals surface area contributed by atoms with Crippen molar-refractivity contribution in [2.75, 3.05) is 29.7 Å². The lowest BCUT2D eigenvalue weighted by Crippen LogP contribution is -2.33. The van der Waals surface area contributed by atoms with Crippen LogP contribution < -0.4 is 14.8 Å². The SMILES string of the molecule is CCOc1ccc(NS(=O)(=O)c2ccc(NC(=O)c3ccc(CN4CCC[C@H](C)C4)cc3)cc2)cc1. The van der Waals surface area contributed by atoms with Gasteiger partial charge in [0, 0.05) is 30.0 Å². The van der Waals surface area contributed by atoms with Crippen LogP contribution in [0, 0.1) is 5.92 Å². The molecule has 2 N–H and O–H groups in total. The standard InChI is InChI=1S/C28H33N3O4S/c1-3-35-26-14-10-25(11-15-26)30-36(33,34)27-16-12-24(13-17-27)29-28(32)23-8-6-22(7-9-23)20-31-18-4-5-21(2)19-31/h6-17,21,30H,3-5,18-20H2,1-2H3,(H,29,32)/t21-/m0/s1. The zero-order valence-electron chi connectivity index (χ0n) is 20.7. The van der Waals surface area contributed by atoms with Crippen molar-refractivity contribution >= 4 is 27.3 Å². The number of carbonyl (C=O) groups excluding carboxylic acids is 1. The van der Waals surface area contributed by atoms with E-state index in [4.69, 9.17) is 4.74 Å². The molecule has 3 aromatic rings. The molecule has 0 spiro atoms. The zero-order valence-corrected chi connectivity index (χ0v) is 21.6. The molecule has 1 saturated heterocycles. The summed E-state index contributed by atoms with van der Waals surface area (Å²) in [6.45, 7) is 7.85. The summed E-state index contributed by atoms with van der Waals surface area (Å²) < 4.78 is 33.4. The van der Waals surface area contributed by atoms with Crippen molar-refractivity contribution in [2.45, 2.75) is 38.1 Å². The number of carbonyl (C=O) groups is 1. The van der Waals surface area contributed by atoms with Crippen LogP contribution in [0.2, 0.25) is 0 Å². The summed E-state index contributed by atoms with van der Waals surface area (Å²) >= 11 is 0. The monoisotopic (exact) mass is 507 g/mol. The van der Waals surface area contributed by atoms with Crippen molar-refractivity contribution in [1.29, 1.82) is 0 Å². The maximum Gasteiger partial charge on any atom is 0.261 e. The second kappa shape index (κ2) is 11.6. The third kappa shape index (κ3) is 6.86. The second-order valence-corrected chi connectivity index (χ2v) is 10.9. The lowest BCUT2D eigenvalue weighted by Gasteiger charge is -2.30. The number of anilines is 2. The van der Waals surface area contributed by atoms with E-state index in [-0.39, 0.29) is 10.8 Å². The number of hydrogen-bond acceptors (Lipinski definition) is 5. The predicted octanol–water partition coefficient (Wildman–Crippen LogP) is 5.37. The Labute approximate surface area is 213 Å². The van der Waals surface area contributed by atoms with Crippen molar-refractivity contribution in [1.82, 2.24) is 4.90 Å². The third-order valence-corrected chi connectivity index (χ3v) is 7.60. The molecule has 190 valence electrons. The van der Waals surface area contributed by atoms with Gasteiger partial charge in [-0.05, 0) is 98.5 Å². The van der Waals surface area contributed by atoms with Gasteiger partial charge in [-0.15, -0.1) is 0 Å². The molecule has 0 radical (unpaired) electrons. The van der Waals surface area contributed by atoms with Crippen LogP contribution in [-0.4, -0.2) is 38.9 Å². The first kappa shape index (κ1) is 25.7. The van der Waals surface area contributed by atoms with Crippen molar-refractivity contribution in [3.8, 4) is 5.75 Å². The zero-order chi connectivity index (χ0) is 25.5. The number of nitrogens with one attached hydrogen (secondary N) is 2. The molecule has 1 heterocycles. The fraction of sp³-hybridized carbons (Fsp3) is 0.321. The topological polar surface area (TPSA) is 87.7 Å². The van der Waals surface area contributed by atoms with Gasteiger partial charge in [-0.25, -0.2) is 8.42 Å². The normalized spacial score (nSPS) is 16.3. The molecular formula is C28H33N3O4S. The van der Waals surface area contributed by atoms with Crippen LogP contribution in [0.25, 0.3) is 0 Å². The van der Waals surface area contributed by atoms with Crippen LogP contribution in [0.1, 0.15) is 42.6 Å². The van der Waals surface area contributed by atoms with E-state index in [1.54, 1.807) is 36.4 Å². The quantitative estimate of drug-likeness (QED) is 0.407. The molecule has 1 amide bonds. The van der Waals surface area contributed by atoms with Crippen LogP contribution in [0.15, 0.2) is 77.7 Å². The molecule has 0 saturated carbocycles. The number of amides is 1. The van der Waals surface area contributed by atoms with Crippen molar-refractivity contribution in [3.63, 3.8) is 0 Å². The minimum absolute atomic E-state index is 0.103. The summed E-state index contributed by atoms with van der Waals surface area (Å²) in [6.07, 6.45) is 2.53. The molecule has 0 bridgehead atoms. The number of nitrogens with zero attached hydrogens (tertiary/aromatic N) is 1. The molecule has 1 atom stereocenters. The molecule has 0 aromatic heterocycles. The Morgan fingerprint density at radius 2 is 1.64 bits per heavy atom. The van der Waals surface area contributed by atoms with Gasteiger partial charge in [0.15, 0.2) is 0 Å². The molecule has 1 aliphatic heterocycles. The summed E-state index contributed by atoms with van der Waals surface area (Å²) in [7, 11) is -3.76. The molecular weight excluding hydrogens is 474 g/mol. The fourth-order valence-electron chi connectivity index (χ4n) is 4.37. The van der Waals surface area contributed by atoms with Gasteiger partial charge < -0.3 is 10.1 Å². The minimum Gasteiger partial charge on any atom is -0.494 e. The smallest absolute Gasteiger partial charge is 0.261 e. The van der Waals surface area contributed by atoms with Gasteiger partial charge in [-0.1, -0.05) is 19.1 Å². The minimum atomic E-state index is -3.76. The molecule has 0 unspecified atom stereocenters. The number of benzene rings is 3. The highest BCUT2D eigenvalue weighted by molar-refractivity contribution is 7.92. The van der Waals surface area contributed by atoms with Gasteiger partial charge >= 0.3 is 0 Å². The average molecular weight is 508 g/mol. The van der Waals surface area contributed by atoms with Crippen molar-refractivity contribution in [3.05, 3.63) is 83.9 Å². The number of sulfonamides is 1. The van der Waals surface area contributed by atoms with E-state index in [0.717, 1.165) is 25.6 Å². The number of likely N-dealkylation sites (tertiary alicyclic amines) is 1. The Bertz CT molecular complexity index is 1260. The first-order chi connectivity index (χ1) is 17.3. The highest BCUT2D eigenvalue weighted by atomic mass is 32.2. The Morgan fingerprint density at radius 3 is 2.28 bits per heavy atom. The van der Waals surface area contributed by atoms with E-state index < -0.39 is 10.0 Å². The van der Waals surface area contributed by atoms with E-state index in [9.17, 15) is 13.2 Å². The predicted molar refractivity (Wildman–Crippen MR) is 143 cm³/mol. The first-order valence-corrected chi connectivity index (χ1v) is 13.8. The van der Waals surface area contributed by atoms with E-state index in [1.165, 1.54) is 30.5 Å².